The molecule has 9 heteroatoms. The molecule has 2 aromatic rings. The number of carbonyl (C=O) groups is 1. The molecule has 0 amide bonds. The normalized spacial score (nSPS) is 9.80. The zero-order valence-electron chi connectivity index (χ0n) is 9.83. The molecule has 0 saturated heterocycles. The van der Waals surface area contributed by atoms with Crippen LogP contribution in [0.2, 0.25) is 0 Å². The van der Waals surface area contributed by atoms with Crippen LogP contribution in [-0.2, 0) is 0 Å². The zero-order chi connectivity index (χ0) is 14.7. The molecule has 0 unspecified atom stereocenters. The lowest BCUT2D eigenvalue weighted by Gasteiger charge is -2.11. The molecule has 1 heterocycles. The van der Waals surface area contributed by atoms with Crippen LogP contribution < -0.4 is 4.84 Å². The predicted molar refractivity (Wildman–Crippen MR) is 66.0 cm³/mol. The minimum absolute atomic E-state index is 0.124. The van der Waals surface area contributed by atoms with Crippen molar-refractivity contribution in [2.75, 3.05) is 0 Å². The van der Waals surface area contributed by atoms with Crippen molar-refractivity contribution in [2.45, 2.75) is 0 Å². The van der Waals surface area contributed by atoms with E-state index in [0.29, 0.717) is 4.73 Å². The SMILES string of the molecule is [N-]=[N+]=Nc1ccc(C(=O)O)c(On2c(O)ccc2O)c1. The summed E-state index contributed by atoms with van der Waals surface area (Å²) in [5.41, 5.74) is 8.25. The molecular weight excluding hydrogens is 268 g/mol. The molecule has 0 aliphatic heterocycles. The number of carboxylic acid groups (broad SMARTS) is 1. The first kappa shape index (κ1) is 13.1. The van der Waals surface area contributed by atoms with Gasteiger partial charge in [-0.05, 0) is 17.7 Å². The third kappa shape index (κ3) is 2.42. The molecule has 0 aliphatic carbocycles. The molecule has 1 aromatic heterocycles. The van der Waals surface area contributed by atoms with Gasteiger partial charge in [-0.2, -0.15) is 0 Å². The Hall–Kier alpha value is -3.32. The van der Waals surface area contributed by atoms with Crippen LogP contribution in [0.4, 0.5) is 5.69 Å². The molecule has 0 spiro atoms. The quantitative estimate of drug-likeness (QED) is 0.446. The molecule has 0 radical (unpaired) electrons. The van der Waals surface area contributed by atoms with Gasteiger partial charge >= 0.3 is 5.97 Å². The van der Waals surface area contributed by atoms with Gasteiger partial charge in [0.1, 0.15) is 5.56 Å². The van der Waals surface area contributed by atoms with Crippen molar-refractivity contribution in [3.63, 3.8) is 0 Å². The van der Waals surface area contributed by atoms with Gasteiger partial charge < -0.3 is 20.2 Å². The van der Waals surface area contributed by atoms with Gasteiger partial charge in [0.2, 0.25) is 11.8 Å². The largest absolute Gasteiger partial charge is 0.492 e. The standard InChI is InChI=1S/C11H8N4O5/c12-14-13-6-1-2-7(11(18)19)8(5-6)20-15-9(16)3-4-10(15)17/h1-5,16-17H,(H,18,19). The van der Waals surface area contributed by atoms with Crippen LogP contribution in [0.25, 0.3) is 10.4 Å². The Morgan fingerprint density at radius 2 is 1.90 bits per heavy atom. The maximum Gasteiger partial charge on any atom is 0.339 e. The summed E-state index contributed by atoms with van der Waals surface area (Å²) in [5, 5.41) is 31.2. The van der Waals surface area contributed by atoms with Crippen LogP contribution in [0.15, 0.2) is 35.4 Å². The van der Waals surface area contributed by atoms with E-state index in [-0.39, 0.29) is 17.0 Å². The van der Waals surface area contributed by atoms with Gasteiger partial charge in [-0.3, -0.25) is 0 Å². The van der Waals surface area contributed by atoms with E-state index in [2.05, 4.69) is 10.0 Å². The van der Waals surface area contributed by atoms with Crippen molar-refractivity contribution >= 4 is 11.7 Å². The first-order valence-corrected chi connectivity index (χ1v) is 5.23. The number of nitrogens with zero attached hydrogens (tertiary/aromatic N) is 4. The lowest BCUT2D eigenvalue weighted by molar-refractivity contribution is 0.0684. The van der Waals surface area contributed by atoms with Crippen LogP contribution in [-0.4, -0.2) is 26.0 Å². The van der Waals surface area contributed by atoms with Crippen LogP contribution in [0, 0.1) is 0 Å². The fraction of sp³-hybridized carbons (Fsp3) is 0. The maximum atomic E-state index is 11.1. The summed E-state index contributed by atoms with van der Waals surface area (Å²) in [6.07, 6.45) is 0. The van der Waals surface area contributed by atoms with Crippen molar-refractivity contribution in [1.29, 1.82) is 0 Å². The second-order valence-corrected chi connectivity index (χ2v) is 3.61. The second kappa shape index (κ2) is 5.12. The zero-order valence-corrected chi connectivity index (χ0v) is 9.83. The number of azide groups is 1. The first-order valence-electron chi connectivity index (χ1n) is 5.23. The molecule has 1 aromatic carbocycles. The van der Waals surface area contributed by atoms with Crippen molar-refractivity contribution in [1.82, 2.24) is 4.73 Å². The van der Waals surface area contributed by atoms with Crippen molar-refractivity contribution in [3.05, 3.63) is 46.3 Å². The maximum absolute atomic E-state index is 11.1. The van der Waals surface area contributed by atoms with Gasteiger partial charge in [-0.1, -0.05) is 11.2 Å². The Balaban J connectivity index is 2.50. The van der Waals surface area contributed by atoms with Crippen LogP contribution in [0.1, 0.15) is 10.4 Å². The van der Waals surface area contributed by atoms with E-state index in [1.807, 2.05) is 0 Å². The number of aromatic hydroxyl groups is 2. The number of hydrogen-bond acceptors (Lipinski definition) is 5. The summed E-state index contributed by atoms with van der Waals surface area (Å²) >= 11 is 0. The Bertz CT molecular complexity index is 698. The summed E-state index contributed by atoms with van der Waals surface area (Å²) in [7, 11) is 0. The number of benzene rings is 1. The third-order valence-electron chi connectivity index (χ3n) is 2.34. The van der Waals surface area contributed by atoms with E-state index in [4.69, 9.17) is 15.5 Å². The number of rotatable bonds is 4. The Morgan fingerprint density at radius 1 is 1.25 bits per heavy atom. The summed E-state index contributed by atoms with van der Waals surface area (Å²) in [5.74, 6) is -2.33. The molecule has 2 rings (SSSR count). The van der Waals surface area contributed by atoms with Crippen molar-refractivity contribution in [3.8, 4) is 17.5 Å². The average Bonchev–Trinajstić information content (AvgIpc) is 2.71. The van der Waals surface area contributed by atoms with Crippen LogP contribution in [0.5, 0.6) is 17.5 Å². The fourth-order valence-electron chi connectivity index (χ4n) is 1.47. The first-order chi connectivity index (χ1) is 9.52. The summed E-state index contributed by atoms with van der Waals surface area (Å²) in [6.45, 7) is 0. The van der Waals surface area contributed by atoms with E-state index in [1.165, 1.54) is 18.2 Å². The topological polar surface area (TPSA) is 141 Å². The molecule has 102 valence electrons. The number of aromatic carboxylic acids is 1. The van der Waals surface area contributed by atoms with Gasteiger partial charge in [0.05, 0.1) is 0 Å². The fourth-order valence-corrected chi connectivity index (χ4v) is 1.47. The van der Waals surface area contributed by atoms with Crippen LogP contribution in [0.3, 0.4) is 0 Å². The summed E-state index contributed by atoms with van der Waals surface area (Å²) in [4.78, 5) is 18.8. The summed E-state index contributed by atoms with van der Waals surface area (Å²) < 4.78 is 0.627. The Morgan fingerprint density at radius 3 is 2.45 bits per heavy atom. The second-order valence-electron chi connectivity index (χ2n) is 3.61. The molecular formula is C11H8N4O5. The van der Waals surface area contributed by atoms with Crippen LogP contribution >= 0.6 is 0 Å². The highest BCUT2D eigenvalue weighted by molar-refractivity contribution is 5.91. The highest BCUT2D eigenvalue weighted by atomic mass is 16.7. The lowest BCUT2D eigenvalue weighted by Crippen LogP contribution is -2.08. The number of aromatic nitrogens is 1. The van der Waals surface area contributed by atoms with Gasteiger partial charge in [0.25, 0.3) is 0 Å². The molecule has 9 nitrogen and oxygen atoms in total. The molecule has 0 saturated carbocycles. The highest BCUT2D eigenvalue weighted by Gasteiger charge is 2.16. The predicted octanol–water partition coefficient (Wildman–Crippen LogP) is 2.38. The lowest BCUT2D eigenvalue weighted by atomic mass is 10.2. The minimum atomic E-state index is -1.28. The number of hydrogen-bond donors (Lipinski definition) is 3. The van der Waals surface area contributed by atoms with Gasteiger partial charge in [-0.15, -0.1) is 4.73 Å². The Kier molecular flexibility index (Phi) is 3.36. The van der Waals surface area contributed by atoms with Gasteiger partial charge in [0, 0.05) is 22.7 Å². The van der Waals surface area contributed by atoms with E-state index in [1.54, 1.807) is 0 Å². The van der Waals surface area contributed by atoms with Crippen molar-refractivity contribution < 1.29 is 25.0 Å². The van der Waals surface area contributed by atoms with Gasteiger partial charge in [0.15, 0.2) is 5.75 Å². The van der Waals surface area contributed by atoms with Gasteiger partial charge in [-0.25, -0.2) is 4.79 Å². The van der Waals surface area contributed by atoms with Crippen molar-refractivity contribution in [2.24, 2.45) is 5.11 Å². The minimum Gasteiger partial charge on any atom is -0.492 e. The Labute approximate surface area is 111 Å². The highest BCUT2D eigenvalue weighted by Crippen LogP contribution is 2.29. The number of carboxylic acids is 1. The molecule has 0 atom stereocenters. The molecule has 0 fully saturated rings. The molecule has 0 bridgehead atoms. The molecule has 3 N–H and O–H groups in total. The smallest absolute Gasteiger partial charge is 0.339 e. The van der Waals surface area contributed by atoms with E-state index < -0.39 is 17.7 Å². The third-order valence-corrected chi connectivity index (χ3v) is 2.34. The van der Waals surface area contributed by atoms with E-state index >= 15 is 0 Å². The van der Waals surface area contributed by atoms with E-state index in [0.717, 1.165) is 12.1 Å². The average molecular weight is 276 g/mol. The van der Waals surface area contributed by atoms with E-state index in [9.17, 15) is 15.0 Å². The summed E-state index contributed by atoms with van der Waals surface area (Å²) in [6, 6.07) is 5.97. The monoisotopic (exact) mass is 276 g/mol. The molecule has 0 aliphatic rings. The molecule has 20 heavy (non-hydrogen) atoms.